The SMILES string of the molecule is CNC(=O)c1nc(Br)ccc1Nc1nc(Nc2ccc(CP(=O)(OCCCC(C)(C)Cn3cc(B4OC(C)(C)C(C)(C)O4)cn3)OCCCC(C)(C)Cn3cc(B4OC(C)(C)C(C)(C)O4)cn3)cc2OC)ncc1C(F)(F)F. The third-order valence-electron chi connectivity index (χ3n) is 14.6. The number of ether oxygens (including phenoxy) is 1. The van der Waals surface area contributed by atoms with Crippen LogP contribution in [0.2, 0.25) is 0 Å². The molecule has 5 aromatic rings. The Morgan fingerprint density at radius 3 is 1.72 bits per heavy atom. The van der Waals surface area contributed by atoms with Crippen LogP contribution in [0.4, 0.5) is 36.3 Å². The van der Waals surface area contributed by atoms with Crippen molar-refractivity contribution in [2.45, 2.75) is 157 Å². The van der Waals surface area contributed by atoms with Gasteiger partial charge in [-0.25, -0.2) is 9.97 Å². The lowest BCUT2D eigenvalue weighted by molar-refractivity contribution is -0.137. The van der Waals surface area contributed by atoms with Crippen molar-refractivity contribution in [2.24, 2.45) is 10.8 Å². The van der Waals surface area contributed by atoms with Crippen LogP contribution >= 0.6 is 23.5 Å². The van der Waals surface area contributed by atoms with Gasteiger partial charge in [-0.05, 0) is 138 Å². The normalized spacial score (nSPS) is 17.2. The zero-order chi connectivity index (χ0) is 57.3. The van der Waals surface area contributed by atoms with Crippen molar-refractivity contribution in [1.82, 2.24) is 39.8 Å². The largest absolute Gasteiger partial charge is 0.498 e. The topological polar surface area (TPSA) is 209 Å². The molecule has 424 valence electrons. The number of alkyl halides is 3. The van der Waals surface area contributed by atoms with Crippen molar-refractivity contribution < 1.29 is 54.9 Å². The van der Waals surface area contributed by atoms with Crippen LogP contribution in [0.25, 0.3) is 0 Å². The summed E-state index contributed by atoms with van der Waals surface area (Å²) in [6.07, 6.45) is 5.67. The smallest absolute Gasteiger partial charge is 0.495 e. The highest BCUT2D eigenvalue weighted by molar-refractivity contribution is 9.10. The first-order valence-corrected chi connectivity index (χ1v) is 28.4. The zero-order valence-electron chi connectivity index (χ0n) is 47.1. The highest BCUT2D eigenvalue weighted by Gasteiger charge is 2.53. The van der Waals surface area contributed by atoms with E-state index in [0.717, 1.165) is 10.9 Å². The van der Waals surface area contributed by atoms with Gasteiger partial charge in [0.1, 0.15) is 21.7 Å². The van der Waals surface area contributed by atoms with Gasteiger partial charge in [-0.1, -0.05) is 33.8 Å². The van der Waals surface area contributed by atoms with E-state index in [-0.39, 0.29) is 53.3 Å². The third-order valence-corrected chi connectivity index (χ3v) is 17.0. The summed E-state index contributed by atoms with van der Waals surface area (Å²) in [5.41, 5.74) is -1.22. The van der Waals surface area contributed by atoms with Crippen LogP contribution in [-0.2, 0) is 57.7 Å². The highest BCUT2D eigenvalue weighted by atomic mass is 79.9. The molecule has 2 aliphatic heterocycles. The van der Waals surface area contributed by atoms with Crippen molar-refractivity contribution >= 4 is 77.7 Å². The first-order chi connectivity index (χ1) is 36.2. The molecule has 3 N–H and O–H groups in total. The van der Waals surface area contributed by atoms with E-state index in [1.54, 1.807) is 30.6 Å². The van der Waals surface area contributed by atoms with E-state index in [2.05, 4.69) is 84.7 Å². The molecule has 1 amide bonds. The number of hydrogen-bond acceptors (Lipinski definition) is 16. The van der Waals surface area contributed by atoms with Crippen molar-refractivity contribution in [3.8, 4) is 5.75 Å². The van der Waals surface area contributed by atoms with Gasteiger partial charge >= 0.3 is 28.0 Å². The molecule has 0 bridgehead atoms. The summed E-state index contributed by atoms with van der Waals surface area (Å²) in [6.45, 7) is 26.2. The molecule has 19 nitrogen and oxygen atoms in total. The maximum absolute atomic E-state index is 14.9. The molecule has 1 aromatic carbocycles. The Bertz CT molecular complexity index is 2840. The van der Waals surface area contributed by atoms with Gasteiger partial charge in [0.2, 0.25) is 5.95 Å². The number of benzene rings is 1. The van der Waals surface area contributed by atoms with Gasteiger partial charge in [0.25, 0.3) is 5.91 Å². The molecular weight excluding hydrogens is 1100 g/mol. The third kappa shape index (κ3) is 14.9. The molecule has 0 spiro atoms. The van der Waals surface area contributed by atoms with Crippen molar-refractivity contribution in [3.63, 3.8) is 0 Å². The molecule has 0 atom stereocenters. The maximum atomic E-state index is 14.9. The number of methoxy groups -OCH3 is 1. The second kappa shape index (κ2) is 23.3. The predicted octanol–water partition coefficient (Wildman–Crippen LogP) is 10.2. The fourth-order valence-corrected chi connectivity index (χ4v) is 10.8. The van der Waals surface area contributed by atoms with E-state index in [9.17, 15) is 22.5 Å². The van der Waals surface area contributed by atoms with Crippen LogP contribution in [0.1, 0.15) is 130 Å². The number of pyridine rings is 1. The van der Waals surface area contributed by atoms with Crippen LogP contribution in [0.15, 0.2) is 65.9 Å². The van der Waals surface area contributed by atoms with Gasteiger partial charge in [-0.2, -0.15) is 28.4 Å². The highest BCUT2D eigenvalue weighted by Crippen LogP contribution is 2.53. The Kier molecular flexibility index (Phi) is 18.2. The number of rotatable bonds is 24. The van der Waals surface area contributed by atoms with Crippen molar-refractivity contribution in [2.75, 3.05) is 38.0 Å². The lowest BCUT2D eigenvalue weighted by Crippen LogP contribution is -2.41. The maximum Gasteiger partial charge on any atom is 0.498 e. The van der Waals surface area contributed by atoms with E-state index in [1.165, 1.54) is 26.3 Å². The van der Waals surface area contributed by atoms with Gasteiger partial charge in [-0.3, -0.25) is 18.7 Å². The van der Waals surface area contributed by atoms with E-state index < -0.39 is 67.7 Å². The average Bonchev–Trinajstić information content (AvgIpc) is 4.19. The fourth-order valence-electron chi connectivity index (χ4n) is 8.79. The Morgan fingerprint density at radius 2 is 1.24 bits per heavy atom. The molecule has 7 rings (SSSR count). The zero-order valence-corrected chi connectivity index (χ0v) is 49.5. The molecule has 0 radical (unpaired) electrons. The molecule has 4 aromatic heterocycles. The van der Waals surface area contributed by atoms with E-state index in [4.69, 9.17) is 32.4 Å². The monoisotopic (exact) mass is 1170 g/mol. The Hall–Kier alpha value is -4.87. The molecule has 26 heteroatoms. The first kappa shape index (κ1) is 60.8. The average molecular weight is 1170 g/mol. The lowest BCUT2D eigenvalue weighted by atomic mass is 9.82. The van der Waals surface area contributed by atoms with Crippen LogP contribution in [0.3, 0.4) is 0 Å². The van der Waals surface area contributed by atoms with Crippen LogP contribution < -0.4 is 31.6 Å². The summed E-state index contributed by atoms with van der Waals surface area (Å²) >= 11 is 3.20. The molecule has 2 saturated heterocycles. The van der Waals surface area contributed by atoms with Crippen molar-refractivity contribution in [1.29, 1.82) is 0 Å². The van der Waals surface area contributed by atoms with E-state index >= 15 is 0 Å². The van der Waals surface area contributed by atoms with Gasteiger partial charge < -0.3 is 48.4 Å². The number of carbonyl (C=O) groups is 1. The number of nitrogens with one attached hydrogen (secondary N) is 3. The molecule has 2 aliphatic rings. The van der Waals surface area contributed by atoms with E-state index in [0.29, 0.717) is 60.8 Å². The summed E-state index contributed by atoms with van der Waals surface area (Å²) in [7, 11) is -2.08. The minimum Gasteiger partial charge on any atom is -0.495 e. The van der Waals surface area contributed by atoms with Crippen LogP contribution in [0.5, 0.6) is 5.75 Å². The summed E-state index contributed by atoms with van der Waals surface area (Å²) in [5.74, 6) is -1.24. The minimum absolute atomic E-state index is 0.0268. The molecule has 6 heterocycles. The Labute approximate surface area is 464 Å². The van der Waals surface area contributed by atoms with Gasteiger partial charge in [0, 0.05) is 62.0 Å². The molecular formula is C52H73B2BrF3N10O9P. The van der Waals surface area contributed by atoms with Crippen molar-refractivity contribution in [3.05, 3.63) is 82.7 Å². The molecule has 0 unspecified atom stereocenters. The number of amides is 1. The predicted molar refractivity (Wildman–Crippen MR) is 297 cm³/mol. The summed E-state index contributed by atoms with van der Waals surface area (Å²) in [6, 6.07) is 7.81. The molecule has 2 fully saturated rings. The summed E-state index contributed by atoms with van der Waals surface area (Å²) in [4.78, 5) is 24.9. The molecule has 0 aliphatic carbocycles. The molecule has 78 heavy (non-hydrogen) atoms. The lowest BCUT2D eigenvalue weighted by Gasteiger charge is -2.32. The first-order valence-electron chi connectivity index (χ1n) is 25.9. The summed E-state index contributed by atoms with van der Waals surface area (Å²) in [5, 5.41) is 17.2. The van der Waals surface area contributed by atoms with Gasteiger partial charge in [-0.15, -0.1) is 0 Å². The standard InChI is InChI=1S/C52H73B2BrF3N10O9P/c1-46(2,32-67-29-35(26-61-67)53-74-48(5,6)49(7,8)75-53)21-15-23-72-78(70,73-24-16-22-47(3,4)33-68-30-36(27-62-68)54-76-50(9,10)51(11,12)77-54)31-34-17-18-38(40(25-34)71-14)64-45-60-28-37(52(56,57)58)43(66-45)63-39-19-20-41(55)65-42(39)44(69)59-13/h17-20,25-30H,15-16,21-24,31-33H2,1-14H3,(H,59,69)(H2,60,63,64,66). The van der Waals surface area contributed by atoms with Crippen LogP contribution in [-0.4, -0.2) is 104 Å². The number of nitrogens with zero attached hydrogens (tertiary/aromatic N) is 7. The second-order valence-electron chi connectivity index (χ2n) is 23.4. The number of carbonyl (C=O) groups excluding carboxylic acids is 1. The quantitative estimate of drug-likeness (QED) is 0.0227. The summed E-state index contributed by atoms with van der Waals surface area (Å²) < 4.78 is 105. The second-order valence-corrected chi connectivity index (χ2v) is 26.3. The van der Waals surface area contributed by atoms with Crippen LogP contribution in [0, 0.1) is 10.8 Å². The minimum atomic E-state index is -4.86. The number of halogens is 4. The number of aromatic nitrogens is 7. The Morgan fingerprint density at radius 1 is 0.744 bits per heavy atom. The number of hydrogen-bond donors (Lipinski definition) is 3. The Balaban J connectivity index is 1.03. The van der Waals surface area contributed by atoms with E-state index in [1.807, 2.05) is 77.1 Å². The number of anilines is 4. The van der Waals surface area contributed by atoms with Gasteiger partial charge in [0.15, 0.2) is 5.69 Å². The molecule has 0 saturated carbocycles. The fraction of sp³-hybridized carbons (Fsp3) is 0.577. The van der Waals surface area contributed by atoms with Gasteiger partial charge in [0.05, 0.1) is 60.3 Å².